The van der Waals surface area contributed by atoms with E-state index >= 15 is 0 Å². The number of benzene rings is 2. The second-order valence-corrected chi connectivity index (χ2v) is 4.52. The molecule has 4 heteroatoms. The van der Waals surface area contributed by atoms with E-state index in [-0.39, 0.29) is 12.4 Å². The molecule has 96 valence electrons. The van der Waals surface area contributed by atoms with Gasteiger partial charge in [0.1, 0.15) is 29.5 Å². The molecule has 0 N–H and O–H groups in total. The first-order valence-electron chi connectivity index (χ1n) is 5.78. The molecule has 0 saturated heterocycles. The quantitative estimate of drug-likeness (QED) is 0.685. The van der Waals surface area contributed by atoms with Crippen molar-refractivity contribution >= 4 is 22.6 Å². The second kappa shape index (κ2) is 4.94. The zero-order valence-corrected chi connectivity index (χ0v) is 10.7. The summed E-state index contributed by atoms with van der Waals surface area (Å²) in [6.45, 7) is 0.250. The number of para-hydroxylation sites is 1. The van der Waals surface area contributed by atoms with E-state index in [0.29, 0.717) is 22.1 Å². The van der Waals surface area contributed by atoms with E-state index in [9.17, 15) is 4.39 Å². The molecule has 2 aromatic carbocycles. The largest absolute Gasteiger partial charge is 0.484 e. The van der Waals surface area contributed by atoms with Crippen LogP contribution in [0.4, 0.5) is 4.39 Å². The fourth-order valence-corrected chi connectivity index (χ4v) is 2.03. The van der Waals surface area contributed by atoms with Crippen LogP contribution >= 0.6 is 11.6 Å². The predicted octanol–water partition coefficient (Wildman–Crippen LogP) is 4.80. The molecule has 0 aliphatic heterocycles. The third-order valence-electron chi connectivity index (χ3n) is 2.74. The number of furan rings is 1. The smallest absolute Gasteiger partial charge is 0.146 e. The van der Waals surface area contributed by atoms with Crippen molar-refractivity contribution in [1.82, 2.24) is 0 Å². The van der Waals surface area contributed by atoms with Gasteiger partial charge < -0.3 is 9.15 Å². The van der Waals surface area contributed by atoms with E-state index < -0.39 is 0 Å². The Bertz CT molecular complexity index is 721. The molecule has 0 aliphatic carbocycles. The maximum absolute atomic E-state index is 13.0. The van der Waals surface area contributed by atoms with Crippen LogP contribution in [0, 0.1) is 5.82 Å². The van der Waals surface area contributed by atoms with Gasteiger partial charge in [0.05, 0.1) is 5.02 Å². The standard InChI is InChI=1S/C15H10ClFO2/c16-13-3-1-2-4-14(13)18-9-12-7-10-5-6-11(17)8-15(10)19-12/h1-8H,9H2. The highest BCUT2D eigenvalue weighted by Gasteiger charge is 2.06. The number of halogens is 2. The van der Waals surface area contributed by atoms with Crippen LogP contribution < -0.4 is 4.74 Å². The van der Waals surface area contributed by atoms with E-state index in [1.807, 2.05) is 18.2 Å². The molecule has 0 unspecified atom stereocenters. The molecule has 1 aromatic heterocycles. The van der Waals surface area contributed by atoms with Crippen LogP contribution in [-0.2, 0) is 6.61 Å². The van der Waals surface area contributed by atoms with E-state index in [0.717, 1.165) is 5.39 Å². The van der Waals surface area contributed by atoms with E-state index in [4.69, 9.17) is 20.8 Å². The van der Waals surface area contributed by atoms with Crippen LogP contribution in [0.2, 0.25) is 5.02 Å². The van der Waals surface area contributed by atoms with Crippen molar-refractivity contribution in [2.24, 2.45) is 0 Å². The summed E-state index contributed by atoms with van der Waals surface area (Å²) in [5.74, 6) is 0.900. The molecular formula is C15H10ClFO2. The maximum atomic E-state index is 13.0. The Labute approximate surface area is 114 Å². The summed E-state index contributed by atoms with van der Waals surface area (Å²) in [5, 5.41) is 1.39. The Kier molecular flexibility index (Phi) is 3.13. The van der Waals surface area contributed by atoms with Crippen molar-refractivity contribution in [3.8, 4) is 5.75 Å². The SMILES string of the molecule is Fc1ccc2cc(COc3ccccc3Cl)oc2c1. The predicted molar refractivity (Wildman–Crippen MR) is 72.0 cm³/mol. The highest BCUT2D eigenvalue weighted by Crippen LogP contribution is 2.26. The molecule has 0 radical (unpaired) electrons. The molecule has 0 atom stereocenters. The van der Waals surface area contributed by atoms with Crippen LogP contribution in [0.5, 0.6) is 5.75 Å². The molecule has 0 fully saturated rings. The van der Waals surface area contributed by atoms with Crippen molar-refractivity contribution in [3.05, 3.63) is 65.1 Å². The van der Waals surface area contributed by atoms with Crippen molar-refractivity contribution in [2.45, 2.75) is 6.61 Å². The summed E-state index contributed by atoms with van der Waals surface area (Å²) < 4.78 is 24.1. The summed E-state index contributed by atoms with van der Waals surface area (Å²) in [6, 6.07) is 13.5. The lowest BCUT2D eigenvalue weighted by atomic mass is 10.2. The van der Waals surface area contributed by atoms with Gasteiger partial charge in [-0.05, 0) is 30.3 Å². The highest BCUT2D eigenvalue weighted by atomic mass is 35.5. The molecule has 19 heavy (non-hydrogen) atoms. The first kappa shape index (κ1) is 12.1. The monoisotopic (exact) mass is 276 g/mol. The van der Waals surface area contributed by atoms with Gasteiger partial charge in [0.15, 0.2) is 0 Å². The van der Waals surface area contributed by atoms with Crippen LogP contribution in [0.3, 0.4) is 0 Å². The number of hydrogen-bond acceptors (Lipinski definition) is 2. The minimum Gasteiger partial charge on any atom is -0.484 e. The van der Waals surface area contributed by atoms with Crippen LogP contribution in [-0.4, -0.2) is 0 Å². The van der Waals surface area contributed by atoms with Crippen molar-refractivity contribution in [2.75, 3.05) is 0 Å². The minimum absolute atomic E-state index is 0.250. The van der Waals surface area contributed by atoms with Gasteiger partial charge in [-0.1, -0.05) is 23.7 Å². The lowest BCUT2D eigenvalue weighted by Gasteiger charge is -2.05. The van der Waals surface area contributed by atoms with Crippen LogP contribution in [0.25, 0.3) is 11.0 Å². The lowest BCUT2D eigenvalue weighted by molar-refractivity contribution is 0.274. The summed E-state index contributed by atoms with van der Waals surface area (Å²) in [4.78, 5) is 0. The molecule has 0 bridgehead atoms. The maximum Gasteiger partial charge on any atom is 0.146 e. The van der Waals surface area contributed by atoms with Gasteiger partial charge >= 0.3 is 0 Å². The average molecular weight is 277 g/mol. The number of rotatable bonds is 3. The van der Waals surface area contributed by atoms with Gasteiger partial charge in [-0.25, -0.2) is 4.39 Å². The lowest BCUT2D eigenvalue weighted by Crippen LogP contribution is -1.93. The van der Waals surface area contributed by atoms with E-state index in [1.165, 1.54) is 12.1 Å². The second-order valence-electron chi connectivity index (χ2n) is 4.11. The summed E-state index contributed by atoms with van der Waals surface area (Å²) in [6.07, 6.45) is 0. The van der Waals surface area contributed by atoms with Gasteiger partial charge in [0.2, 0.25) is 0 Å². The molecule has 1 heterocycles. The molecule has 3 aromatic rings. The van der Waals surface area contributed by atoms with E-state index in [2.05, 4.69) is 0 Å². The molecule has 0 saturated carbocycles. The number of hydrogen-bond donors (Lipinski definition) is 0. The Morgan fingerprint density at radius 3 is 2.79 bits per heavy atom. The molecule has 0 amide bonds. The Morgan fingerprint density at radius 1 is 1.11 bits per heavy atom. The van der Waals surface area contributed by atoms with Crippen LogP contribution in [0.1, 0.15) is 5.76 Å². The van der Waals surface area contributed by atoms with Crippen molar-refractivity contribution in [3.63, 3.8) is 0 Å². The normalized spacial score (nSPS) is 10.8. The van der Waals surface area contributed by atoms with Crippen LogP contribution in [0.15, 0.2) is 52.9 Å². The molecule has 3 rings (SSSR count). The highest BCUT2D eigenvalue weighted by molar-refractivity contribution is 6.32. The Hall–Kier alpha value is -2.00. The Morgan fingerprint density at radius 2 is 1.95 bits per heavy atom. The zero-order chi connectivity index (χ0) is 13.2. The number of fused-ring (bicyclic) bond motifs is 1. The first-order valence-corrected chi connectivity index (χ1v) is 6.15. The molecular weight excluding hydrogens is 267 g/mol. The fourth-order valence-electron chi connectivity index (χ4n) is 1.84. The van der Waals surface area contributed by atoms with Gasteiger partial charge in [0, 0.05) is 11.5 Å². The molecule has 2 nitrogen and oxygen atoms in total. The van der Waals surface area contributed by atoms with E-state index in [1.54, 1.807) is 18.2 Å². The Balaban J connectivity index is 1.80. The summed E-state index contributed by atoms with van der Waals surface area (Å²) in [5.41, 5.74) is 0.512. The van der Waals surface area contributed by atoms with Gasteiger partial charge in [-0.3, -0.25) is 0 Å². The van der Waals surface area contributed by atoms with Crippen molar-refractivity contribution in [1.29, 1.82) is 0 Å². The molecule has 0 spiro atoms. The zero-order valence-electron chi connectivity index (χ0n) is 9.90. The average Bonchev–Trinajstić information content (AvgIpc) is 2.79. The van der Waals surface area contributed by atoms with Gasteiger partial charge in [-0.15, -0.1) is 0 Å². The van der Waals surface area contributed by atoms with Crippen molar-refractivity contribution < 1.29 is 13.5 Å². The summed E-state index contributed by atoms with van der Waals surface area (Å²) in [7, 11) is 0. The number of ether oxygens (including phenoxy) is 1. The summed E-state index contributed by atoms with van der Waals surface area (Å²) >= 11 is 5.98. The third-order valence-corrected chi connectivity index (χ3v) is 3.05. The topological polar surface area (TPSA) is 22.4 Å². The first-order chi connectivity index (χ1) is 9.22. The minimum atomic E-state index is -0.319. The van der Waals surface area contributed by atoms with Gasteiger partial charge in [-0.2, -0.15) is 0 Å². The fraction of sp³-hybridized carbons (Fsp3) is 0.0667. The third kappa shape index (κ3) is 2.56. The molecule has 0 aliphatic rings. The van der Waals surface area contributed by atoms with Gasteiger partial charge in [0.25, 0.3) is 0 Å².